The molecule has 28 heavy (non-hydrogen) atoms. The molecule has 0 N–H and O–H groups in total. The number of benzene rings is 2. The first-order valence-corrected chi connectivity index (χ1v) is 9.64. The quantitative estimate of drug-likeness (QED) is 0.532. The molecule has 150 valence electrons. The molecule has 1 heterocycles. The summed E-state index contributed by atoms with van der Waals surface area (Å²) >= 11 is 0. The summed E-state index contributed by atoms with van der Waals surface area (Å²) in [7, 11) is 0. The highest BCUT2D eigenvalue weighted by Gasteiger charge is 2.27. The molecular formula is C23H25F3O2. The van der Waals surface area contributed by atoms with Crippen LogP contribution < -0.4 is 0 Å². The van der Waals surface area contributed by atoms with Gasteiger partial charge in [-0.15, -0.1) is 0 Å². The van der Waals surface area contributed by atoms with E-state index in [2.05, 4.69) is 6.58 Å². The van der Waals surface area contributed by atoms with Crippen LogP contribution in [0.1, 0.15) is 43.2 Å². The molecule has 2 nitrogen and oxygen atoms in total. The maximum absolute atomic E-state index is 14.8. The van der Waals surface area contributed by atoms with Gasteiger partial charge in [0.2, 0.25) is 0 Å². The third kappa shape index (κ3) is 4.47. The van der Waals surface area contributed by atoms with E-state index in [9.17, 15) is 13.2 Å². The van der Waals surface area contributed by atoms with Gasteiger partial charge < -0.3 is 9.47 Å². The molecule has 0 aromatic heterocycles. The zero-order chi connectivity index (χ0) is 20.1. The third-order valence-electron chi connectivity index (χ3n) is 5.11. The number of hydrogen-bond donors (Lipinski definition) is 0. The van der Waals surface area contributed by atoms with Gasteiger partial charge in [-0.1, -0.05) is 43.8 Å². The van der Waals surface area contributed by atoms with Gasteiger partial charge in [0.25, 0.3) is 0 Å². The fourth-order valence-corrected chi connectivity index (χ4v) is 3.50. The Bertz CT molecular complexity index is 827. The van der Waals surface area contributed by atoms with E-state index in [1.807, 2.05) is 6.92 Å². The van der Waals surface area contributed by atoms with Crippen molar-refractivity contribution in [2.45, 2.75) is 38.2 Å². The second-order valence-corrected chi connectivity index (χ2v) is 7.08. The van der Waals surface area contributed by atoms with Crippen molar-refractivity contribution in [3.8, 4) is 11.1 Å². The molecule has 1 fully saturated rings. The number of ether oxygens (including phenoxy) is 2. The fraction of sp³-hybridized carbons (Fsp3) is 0.391. The van der Waals surface area contributed by atoms with Crippen LogP contribution in [-0.2, 0) is 9.47 Å². The maximum Gasteiger partial charge on any atom is 0.166 e. The van der Waals surface area contributed by atoms with Gasteiger partial charge in [-0.3, -0.25) is 0 Å². The van der Waals surface area contributed by atoms with E-state index in [4.69, 9.17) is 9.47 Å². The normalized spacial score (nSPS) is 19.6. The lowest BCUT2D eigenvalue weighted by atomic mass is 9.89. The lowest BCUT2D eigenvalue weighted by Gasteiger charge is -2.29. The minimum absolute atomic E-state index is 0.00123. The zero-order valence-corrected chi connectivity index (χ0v) is 16.0. The Morgan fingerprint density at radius 3 is 2.61 bits per heavy atom. The molecule has 1 saturated heterocycles. The van der Waals surface area contributed by atoms with Crippen LogP contribution >= 0.6 is 0 Å². The lowest BCUT2D eigenvalue weighted by Crippen LogP contribution is -2.29. The van der Waals surface area contributed by atoms with Gasteiger partial charge in [-0.2, -0.15) is 0 Å². The van der Waals surface area contributed by atoms with Gasteiger partial charge in [0.1, 0.15) is 5.82 Å². The van der Waals surface area contributed by atoms with Gasteiger partial charge in [-0.25, -0.2) is 13.2 Å². The van der Waals surface area contributed by atoms with Gasteiger partial charge in [0.05, 0.1) is 19.3 Å². The van der Waals surface area contributed by atoms with Crippen LogP contribution in [0.4, 0.5) is 13.2 Å². The summed E-state index contributed by atoms with van der Waals surface area (Å²) in [4.78, 5) is 0. The van der Waals surface area contributed by atoms with Crippen molar-refractivity contribution in [1.82, 2.24) is 0 Å². The number of rotatable bonds is 7. The molecular weight excluding hydrogens is 365 g/mol. The number of halogens is 3. The van der Waals surface area contributed by atoms with E-state index >= 15 is 0 Å². The minimum atomic E-state index is -0.961. The molecule has 2 aromatic rings. The second kappa shape index (κ2) is 9.39. The molecule has 0 bridgehead atoms. The van der Waals surface area contributed by atoms with E-state index in [0.717, 1.165) is 12.8 Å². The first kappa shape index (κ1) is 20.6. The molecule has 2 unspecified atom stereocenters. The molecule has 0 amide bonds. The Balaban J connectivity index is 1.74. The molecule has 1 aliphatic heterocycles. The van der Waals surface area contributed by atoms with Crippen LogP contribution in [0.25, 0.3) is 17.2 Å². The molecule has 5 heteroatoms. The molecule has 2 atom stereocenters. The van der Waals surface area contributed by atoms with Crippen LogP contribution in [-0.4, -0.2) is 25.9 Å². The van der Waals surface area contributed by atoms with E-state index < -0.39 is 17.5 Å². The zero-order valence-electron chi connectivity index (χ0n) is 16.0. The van der Waals surface area contributed by atoms with Crippen LogP contribution in [0.15, 0.2) is 36.9 Å². The maximum atomic E-state index is 14.8. The van der Waals surface area contributed by atoms with Crippen LogP contribution in [0.5, 0.6) is 0 Å². The summed E-state index contributed by atoms with van der Waals surface area (Å²) in [5.41, 5.74) is 0.952. The van der Waals surface area contributed by atoms with Gasteiger partial charge >= 0.3 is 0 Å². The summed E-state index contributed by atoms with van der Waals surface area (Å²) < 4.78 is 54.7. The molecule has 2 aromatic carbocycles. The summed E-state index contributed by atoms with van der Waals surface area (Å²) in [6, 6.07) is 7.33. The smallest absolute Gasteiger partial charge is 0.166 e. The fourth-order valence-electron chi connectivity index (χ4n) is 3.50. The molecule has 0 radical (unpaired) electrons. The van der Waals surface area contributed by atoms with Crippen LogP contribution in [0, 0.1) is 17.5 Å². The van der Waals surface area contributed by atoms with Crippen LogP contribution in [0.2, 0.25) is 0 Å². The van der Waals surface area contributed by atoms with Crippen molar-refractivity contribution >= 4 is 6.08 Å². The van der Waals surface area contributed by atoms with Gasteiger partial charge in [0.15, 0.2) is 11.6 Å². The monoisotopic (exact) mass is 390 g/mol. The topological polar surface area (TPSA) is 18.5 Å². The van der Waals surface area contributed by atoms with Crippen molar-refractivity contribution in [2.24, 2.45) is 0 Å². The highest BCUT2D eigenvalue weighted by Crippen LogP contribution is 2.34. The first-order valence-electron chi connectivity index (χ1n) is 9.64. The number of hydrogen-bond acceptors (Lipinski definition) is 2. The summed E-state index contributed by atoms with van der Waals surface area (Å²) in [5.74, 6) is -2.57. The molecule has 0 saturated carbocycles. The summed E-state index contributed by atoms with van der Waals surface area (Å²) in [6.45, 7) is 7.12. The van der Waals surface area contributed by atoms with Gasteiger partial charge in [-0.05, 0) is 36.5 Å². The Morgan fingerprint density at radius 2 is 1.96 bits per heavy atom. The van der Waals surface area contributed by atoms with Crippen molar-refractivity contribution in [2.75, 3.05) is 19.8 Å². The molecule has 1 aliphatic rings. The van der Waals surface area contributed by atoms with E-state index in [1.54, 1.807) is 12.1 Å². The highest BCUT2D eigenvalue weighted by molar-refractivity contribution is 5.67. The third-order valence-corrected chi connectivity index (χ3v) is 5.11. The van der Waals surface area contributed by atoms with E-state index in [-0.39, 0.29) is 17.6 Å². The predicted molar refractivity (Wildman–Crippen MR) is 105 cm³/mol. The molecule has 0 spiro atoms. The summed E-state index contributed by atoms with van der Waals surface area (Å²) in [6.07, 6.45) is 3.78. The Kier molecular flexibility index (Phi) is 6.92. The Hall–Kier alpha value is -2.11. The lowest BCUT2D eigenvalue weighted by molar-refractivity contribution is -0.0485. The molecule has 0 aliphatic carbocycles. The minimum Gasteiger partial charge on any atom is -0.379 e. The van der Waals surface area contributed by atoms with Crippen molar-refractivity contribution < 1.29 is 22.6 Å². The standard InChI is InChI=1S/C23H25F3O2/c1-3-11-27-14-18-8-7-17(13-28-18)20-10-9-19(22(25)23(20)26)16-6-5-15(4-2)21(24)12-16/h4-6,9-10,12,17-18H,2-3,7-8,11,13-14H2,1H3. The van der Waals surface area contributed by atoms with Gasteiger partial charge in [0, 0.05) is 23.7 Å². The first-order chi connectivity index (χ1) is 13.5. The van der Waals surface area contributed by atoms with E-state index in [1.165, 1.54) is 24.3 Å². The van der Waals surface area contributed by atoms with Crippen LogP contribution in [0.3, 0.4) is 0 Å². The second-order valence-electron chi connectivity index (χ2n) is 7.08. The Labute approximate surface area is 164 Å². The van der Waals surface area contributed by atoms with Crippen molar-refractivity contribution in [3.05, 3.63) is 65.5 Å². The van der Waals surface area contributed by atoms with Crippen molar-refractivity contribution in [1.29, 1.82) is 0 Å². The van der Waals surface area contributed by atoms with E-state index in [0.29, 0.717) is 42.9 Å². The summed E-state index contributed by atoms with van der Waals surface area (Å²) in [5, 5.41) is 0. The average Bonchev–Trinajstić information content (AvgIpc) is 2.71. The SMILES string of the molecule is C=Cc1ccc(-c2ccc(C3CCC(COCCC)OC3)c(F)c2F)cc1F. The largest absolute Gasteiger partial charge is 0.379 e. The average molecular weight is 390 g/mol. The molecule has 3 rings (SSSR count). The predicted octanol–water partition coefficient (Wildman–Crippen LogP) is 6.10. The highest BCUT2D eigenvalue weighted by atomic mass is 19.2. The van der Waals surface area contributed by atoms with Crippen molar-refractivity contribution in [3.63, 3.8) is 0 Å². The Morgan fingerprint density at radius 1 is 1.14 bits per heavy atom.